The van der Waals surface area contributed by atoms with E-state index < -0.39 is 0 Å². The number of alkyl halides is 1. The molecule has 0 bridgehead atoms. The molecule has 0 fully saturated rings. The molecule has 0 amide bonds. The summed E-state index contributed by atoms with van der Waals surface area (Å²) in [5, 5.41) is 3.80. The van der Waals surface area contributed by atoms with Gasteiger partial charge in [-0.3, -0.25) is 9.36 Å². The van der Waals surface area contributed by atoms with Gasteiger partial charge in [0.2, 0.25) is 0 Å². The van der Waals surface area contributed by atoms with Gasteiger partial charge in [0.15, 0.2) is 5.15 Å². The van der Waals surface area contributed by atoms with Crippen molar-refractivity contribution in [3.8, 4) is 5.69 Å². The van der Waals surface area contributed by atoms with Crippen LogP contribution in [0.5, 0.6) is 0 Å². The zero-order valence-corrected chi connectivity index (χ0v) is 12.7. The molecule has 2 heterocycles. The van der Waals surface area contributed by atoms with Gasteiger partial charge >= 0.3 is 0 Å². The van der Waals surface area contributed by atoms with E-state index in [4.69, 9.17) is 16.1 Å². The summed E-state index contributed by atoms with van der Waals surface area (Å²) in [6.45, 7) is 1.88. The number of halogens is 2. The minimum absolute atomic E-state index is 0.0240. The molecule has 102 valence electrons. The van der Waals surface area contributed by atoms with E-state index in [1.807, 2.05) is 37.3 Å². The molecule has 5 nitrogen and oxygen atoms in total. The summed E-state index contributed by atoms with van der Waals surface area (Å²) in [5.74, 6) is 0.529. The second-order valence-corrected chi connectivity index (χ2v) is 5.95. The number of hydrogen-bond donors (Lipinski definition) is 0. The molecule has 0 N–H and O–H groups in total. The Morgan fingerprint density at radius 1 is 1.35 bits per heavy atom. The van der Waals surface area contributed by atoms with E-state index in [-0.39, 0.29) is 26.6 Å². The van der Waals surface area contributed by atoms with Crippen LogP contribution in [-0.2, 0) is 0 Å². The number of nitrogens with zero attached hydrogens (tertiary/aromatic N) is 3. The lowest BCUT2D eigenvalue weighted by atomic mass is 10.3. The Bertz CT molecular complexity index is 827. The van der Waals surface area contributed by atoms with Gasteiger partial charge in [0.05, 0.1) is 10.5 Å². The summed E-state index contributed by atoms with van der Waals surface area (Å²) >= 11 is 9.34. The Balaban J connectivity index is 2.45. The predicted molar refractivity (Wildman–Crippen MR) is 79.8 cm³/mol. The summed E-state index contributed by atoms with van der Waals surface area (Å²) in [6.07, 6.45) is 0. The van der Waals surface area contributed by atoms with E-state index in [9.17, 15) is 4.79 Å². The van der Waals surface area contributed by atoms with Gasteiger partial charge < -0.3 is 4.52 Å². The Morgan fingerprint density at radius 3 is 2.70 bits per heavy atom. The van der Waals surface area contributed by atoms with E-state index in [1.54, 1.807) is 0 Å². The summed E-state index contributed by atoms with van der Waals surface area (Å²) in [4.78, 5) is 16.9. The van der Waals surface area contributed by atoms with Gasteiger partial charge in [-0.15, -0.1) is 0 Å². The van der Waals surface area contributed by atoms with Crippen LogP contribution in [0.25, 0.3) is 16.8 Å². The molecular weight excluding hydrogens is 346 g/mol. The Labute approximate surface area is 127 Å². The van der Waals surface area contributed by atoms with Gasteiger partial charge in [0.1, 0.15) is 11.2 Å². The first-order chi connectivity index (χ1) is 9.59. The zero-order chi connectivity index (χ0) is 14.3. The van der Waals surface area contributed by atoms with Crippen molar-refractivity contribution in [1.29, 1.82) is 0 Å². The van der Waals surface area contributed by atoms with Crippen LogP contribution in [0, 0.1) is 0 Å². The van der Waals surface area contributed by atoms with Crippen LogP contribution in [0.15, 0.2) is 39.6 Å². The molecule has 0 aliphatic carbocycles. The normalized spacial score (nSPS) is 12.8. The maximum absolute atomic E-state index is 12.7. The van der Waals surface area contributed by atoms with E-state index in [2.05, 4.69) is 26.1 Å². The predicted octanol–water partition coefficient (Wildman–Crippen LogP) is 3.48. The maximum atomic E-state index is 12.7. The quantitative estimate of drug-likeness (QED) is 0.661. The molecule has 2 aromatic heterocycles. The summed E-state index contributed by atoms with van der Waals surface area (Å²) in [7, 11) is 0. The number of aromatic nitrogens is 3. The van der Waals surface area contributed by atoms with Crippen molar-refractivity contribution in [2.24, 2.45) is 0 Å². The Hall–Kier alpha value is -1.66. The highest BCUT2D eigenvalue weighted by molar-refractivity contribution is 9.09. The molecule has 20 heavy (non-hydrogen) atoms. The molecular formula is C13H9BrClN3O2. The van der Waals surface area contributed by atoms with Gasteiger partial charge in [-0.25, -0.2) is 0 Å². The van der Waals surface area contributed by atoms with Crippen molar-refractivity contribution in [2.45, 2.75) is 11.8 Å². The number of fused-ring (bicyclic) bond motifs is 1. The molecule has 0 spiro atoms. The average Bonchev–Trinajstić information content (AvgIpc) is 2.81. The van der Waals surface area contributed by atoms with Gasteiger partial charge in [-0.1, -0.05) is 50.9 Å². The van der Waals surface area contributed by atoms with E-state index >= 15 is 0 Å². The molecule has 1 aromatic carbocycles. The van der Waals surface area contributed by atoms with Crippen LogP contribution in [0.4, 0.5) is 0 Å². The van der Waals surface area contributed by atoms with E-state index in [0.29, 0.717) is 11.5 Å². The maximum Gasteiger partial charge on any atom is 0.272 e. The second-order valence-electron chi connectivity index (χ2n) is 4.22. The highest BCUT2D eigenvalue weighted by Crippen LogP contribution is 2.25. The number of rotatable bonds is 2. The van der Waals surface area contributed by atoms with Crippen molar-refractivity contribution >= 4 is 38.6 Å². The minimum Gasteiger partial charge on any atom is -0.334 e. The molecule has 3 rings (SSSR count). The fourth-order valence-corrected chi connectivity index (χ4v) is 2.49. The fraction of sp³-hybridized carbons (Fsp3) is 0.154. The van der Waals surface area contributed by atoms with Crippen molar-refractivity contribution in [2.75, 3.05) is 0 Å². The third-order valence-corrected chi connectivity index (χ3v) is 3.53. The third-order valence-electron chi connectivity index (χ3n) is 2.86. The third kappa shape index (κ3) is 2.05. The largest absolute Gasteiger partial charge is 0.334 e. The molecule has 0 saturated carbocycles. The SMILES string of the molecule is CC(Br)c1nc2onc(Cl)c2c(=O)n1-c1ccccc1. The lowest BCUT2D eigenvalue weighted by Crippen LogP contribution is -2.23. The molecule has 0 aliphatic heterocycles. The highest BCUT2D eigenvalue weighted by Gasteiger charge is 2.20. The molecule has 0 radical (unpaired) electrons. The van der Waals surface area contributed by atoms with Crippen LogP contribution >= 0.6 is 27.5 Å². The van der Waals surface area contributed by atoms with Crippen LogP contribution < -0.4 is 5.56 Å². The highest BCUT2D eigenvalue weighted by atomic mass is 79.9. The fourth-order valence-electron chi connectivity index (χ4n) is 1.98. The summed E-state index contributed by atoms with van der Waals surface area (Å²) < 4.78 is 6.49. The van der Waals surface area contributed by atoms with Crippen molar-refractivity contribution in [3.63, 3.8) is 0 Å². The van der Waals surface area contributed by atoms with Gasteiger partial charge in [0.25, 0.3) is 11.3 Å². The van der Waals surface area contributed by atoms with Crippen LogP contribution in [-0.4, -0.2) is 14.7 Å². The first-order valence-electron chi connectivity index (χ1n) is 5.87. The lowest BCUT2D eigenvalue weighted by Gasteiger charge is -2.13. The Morgan fingerprint density at radius 2 is 2.05 bits per heavy atom. The molecule has 0 aliphatic rings. The first-order valence-corrected chi connectivity index (χ1v) is 7.16. The van der Waals surface area contributed by atoms with Crippen molar-refractivity contribution in [1.82, 2.24) is 14.7 Å². The zero-order valence-electron chi connectivity index (χ0n) is 10.4. The molecule has 0 saturated heterocycles. The topological polar surface area (TPSA) is 60.9 Å². The lowest BCUT2D eigenvalue weighted by molar-refractivity contribution is 0.447. The number of para-hydroxylation sites is 1. The van der Waals surface area contributed by atoms with E-state index in [1.165, 1.54) is 4.57 Å². The van der Waals surface area contributed by atoms with Gasteiger partial charge in [0, 0.05) is 0 Å². The average molecular weight is 355 g/mol. The number of hydrogen-bond acceptors (Lipinski definition) is 4. The van der Waals surface area contributed by atoms with Crippen LogP contribution in [0.1, 0.15) is 17.6 Å². The van der Waals surface area contributed by atoms with Crippen molar-refractivity contribution < 1.29 is 4.52 Å². The minimum atomic E-state index is -0.297. The first kappa shape index (κ1) is 13.3. The molecule has 1 atom stereocenters. The molecule has 7 heteroatoms. The monoisotopic (exact) mass is 353 g/mol. The second kappa shape index (κ2) is 5.03. The number of benzene rings is 1. The van der Waals surface area contributed by atoms with E-state index in [0.717, 1.165) is 0 Å². The van der Waals surface area contributed by atoms with Gasteiger partial charge in [-0.2, -0.15) is 4.98 Å². The van der Waals surface area contributed by atoms with Crippen LogP contribution in [0.3, 0.4) is 0 Å². The van der Waals surface area contributed by atoms with Crippen LogP contribution in [0.2, 0.25) is 5.15 Å². The van der Waals surface area contributed by atoms with Crippen molar-refractivity contribution in [3.05, 3.63) is 51.7 Å². The summed E-state index contributed by atoms with van der Waals surface area (Å²) in [6, 6.07) is 9.24. The standard InChI is InChI=1S/C13H9BrClN3O2/c1-7(14)11-16-12-9(10(15)17-20-12)13(19)18(11)8-5-3-2-4-6-8/h2-7H,1H3. The molecule has 3 aromatic rings. The van der Waals surface area contributed by atoms with Gasteiger partial charge in [-0.05, 0) is 19.1 Å². The molecule has 1 unspecified atom stereocenters. The summed E-state index contributed by atoms with van der Waals surface area (Å²) in [5.41, 5.74) is 0.563. The Kier molecular flexibility index (Phi) is 3.35. The smallest absolute Gasteiger partial charge is 0.272 e.